The monoisotopic (exact) mass is 1000 g/mol. The van der Waals surface area contributed by atoms with Crippen LogP contribution in [0.5, 0.6) is 0 Å². The molecule has 0 aromatic carbocycles. The van der Waals surface area contributed by atoms with Gasteiger partial charge in [0.05, 0.1) is 19.5 Å². The van der Waals surface area contributed by atoms with Crippen molar-refractivity contribution in [1.82, 2.24) is 35.1 Å². The fourth-order valence-corrected chi connectivity index (χ4v) is 10.6. The Kier molecular flexibility index (Phi) is 17.7. The second kappa shape index (κ2) is 21.8. The minimum Gasteiger partial charge on any atom is -0.455 e. The smallest absolute Gasteiger partial charge is 0.455 e. The number of imidazole rings is 1. The summed E-state index contributed by atoms with van der Waals surface area (Å²) in [6.45, 7) is 10.1. The molecule has 0 radical (unpaired) electrons. The Balaban J connectivity index is 1.36. The number of phosphoric acid groups is 2. The number of aliphatic hydroxyl groups excluding tert-OH is 2. The summed E-state index contributed by atoms with van der Waals surface area (Å²) in [6, 6.07) is -1.29. The number of nitrogen functional groups attached to an aromatic ring is 1. The maximum atomic E-state index is 14.2. The predicted molar refractivity (Wildman–Crippen MR) is 235 cm³/mol. The van der Waals surface area contributed by atoms with E-state index in [2.05, 4.69) is 35.1 Å². The zero-order chi connectivity index (χ0) is 48.1. The fraction of sp³-hybridized carbons (Fsp3) is 0.714. The van der Waals surface area contributed by atoms with Crippen molar-refractivity contribution in [3.05, 3.63) is 24.9 Å². The summed E-state index contributed by atoms with van der Waals surface area (Å²) in [6.07, 6.45) is -7.25. The van der Waals surface area contributed by atoms with Gasteiger partial charge in [-0.25, -0.2) is 38.7 Å². The van der Waals surface area contributed by atoms with Crippen molar-refractivity contribution in [2.75, 3.05) is 32.5 Å². The van der Waals surface area contributed by atoms with Crippen LogP contribution in [0.15, 0.2) is 29.9 Å². The summed E-state index contributed by atoms with van der Waals surface area (Å²) < 4.78 is 65.0. The van der Waals surface area contributed by atoms with E-state index in [1.54, 1.807) is 38.6 Å². The topological polar surface area (TPSA) is 369 Å². The summed E-state index contributed by atoms with van der Waals surface area (Å²) in [5.41, 5.74) is 11.1. The first kappa shape index (κ1) is 52.8. The lowest BCUT2D eigenvalue weighted by atomic mass is 10.1. The summed E-state index contributed by atoms with van der Waals surface area (Å²) in [5, 5.41) is 27.7. The molecule has 4 unspecified atom stereocenters. The number of amidine groups is 1. The second-order valence-electron chi connectivity index (χ2n) is 17.0. The number of nitrogens with zero attached hydrogens (tertiary/aromatic N) is 6. The molecule has 11 atom stereocenters. The van der Waals surface area contributed by atoms with Gasteiger partial charge in [0.25, 0.3) is 0 Å². The van der Waals surface area contributed by atoms with Gasteiger partial charge in [-0.3, -0.25) is 18.1 Å². The van der Waals surface area contributed by atoms with Crippen molar-refractivity contribution in [3.8, 4) is 0 Å². The van der Waals surface area contributed by atoms with Crippen molar-refractivity contribution in [1.29, 1.82) is 0 Å². The lowest BCUT2D eigenvalue weighted by Gasteiger charge is -2.31. The van der Waals surface area contributed by atoms with Gasteiger partial charge in [-0.1, -0.05) is 42.4 Å². The van der Waals surface area contributed by atoms with Gasteiger partial charge in [-0.15, -0.1) is 0 Å². The molecular weight excluding hydrogens is 943 g/mol. The Morgan fingerprint density at radius 3 is 2.42 bits per heavy atom. The molecule has 366 valence electrons. The number of hydrogen-bond donors (Lipinski definition) is 9. The van der Waals surface area contributed by atoms with Gasteiger partial charge in [0.2, 0.25) is 6.35 Å². The van der Waals surface area contributed by atoms with Gasteiger partial charge in [-0.05, 0) is 40.3 Å². The van der Waals surface area contributed by atoms with Gasteiger partial charge in [0.1, 0.15) is 60.0 Å². The number of esters is 1. The molecule has 0 spiro atoms. The second-order valence-corrected chi connectivity index (χ2v) is 23.0. The largest absolute Gasteiger partial charge is 0.472 e. The maximum absolute atomic E-state index is 14.2. The quantitative estimate of drug-likeness (QED) is 0.0511. The molecule has 11 N–H and O–H groups in total. The van der Waals surface area contributed by atoms with E-state index in [0.29, 0.717) is 6.54 Å². The van der Waals surface area contributed by atoms with Crippen LogP contribution >= 0.6 is 37.2 Å². The number of alkyl carbamates (subject to hydrolysis) is 1. The number of ether oxygens (including phenoxy) is 4. The molecule has 3 aliphatic heterocycles. The van der Waals surface area contributed by atoms with E-state index < -0.39 is 102 Å². The van der Waals surface area contributed by atoms with Crippen LogP contribution in [-0.4, -0.2) is 159 Å². The van der Waals surface area contributed by atoms with E-state index >= 15 is 0 Å². The number of nitrogens with one attached hydrogen (secondary N) is 2. The first-order chi connectivity index (χ1) is 30.2. The number of aliphatic imine (C=N–C) groups is 1. The number of aliphatic hydroxyl groups is 2. The Morgan fingerprint density at radius 1 is 1.05 bits per heavy atom. The van der Waals surface area contributed by atoms with Crippen LogP contribution < -0.4 is 22.1 Å². The van der Waals surface area contributed by atoms with Crippen LogP contribution in [-0.2, 0) is 46.4 Å². The van der Waals surface area contributed by atoms with Crippen LogP contribution in [0.3, 0.4) is 0 Å². The fourth-order valence-electron chi connectivity index (χ4n) is 6.65. The van der Waals surface area contributed by atoms with Crippen molar-refractivity contribution in [2.24, 2.45) is 10.7 Å². The Labute approximate surface area is 382 Å². The standard InChI is InChI=1S/C35H58N10O16P2S2/c1-34(2,3)60-33(49)42-19(12-18(14-38-7)64-65-35(4,5)6)31(47)59-27-20(58-30(26(27)46)45-17-41-25-28(37)39-16-40-29(25)45)9-11-55-63(53,54)61-21-13-24(44-10-8-23(36)43-32(44)48)57-22(21)15-56-62(50,51)52/h8,10,16-22,24,26-27,30,32,38,46,48H,9,11-15H2,1-7H3,(H2,36,43)(H,42,49)(H,53,54)(H2,37,39,40)(H2,50,51,52)/t18?,19-,20+,21-,22+,24+,26+,27+,30?,32?/m0/s1. The molecule has 2 fully saturated rings. The number of rotatable bonds is 20. The normalized spacial score (nSPS) is 27.0. The number of hydrogen-bond acceptors (Lipinski definition) is 23. The van der Waals surface area contributed by atoms with Crippen molar-refractivity contribution >= 4 is 72.1 Å². The number of carbonyl (C=O) groups excluding carboxylic acids is 2. The molecule has 3 aliphatic rings. The summed E-state index contributed by atoms with van der Waals surface area (Å²) in [5.74, 6) is -0.898. The lowest BCUT2D eigenvalue weighted by Crippen LogP contribution is -2.49. The van der Waals surface area contributed by atoms with E-state index in [0.717, 1.165) is 0 Å². The number of aromatic nitrogens is 4. The van der Waals surface area contributed by atoms with Gasteiger partial charge in [-0.2, -0.15) is 0 Å². The number of amides is 1. The molecule has 5 rings (SSSR count). The van der Waals surface area contributed by atoms with E-state index in [-0.39, 0.29) is 52.1 Å². The number of anilines is 1. The number of fused-ring (bicyclic) bond motifs is 1. The number of phosphoric ester groups is 2. The Bertz CT molecular complexity index is 2120. The van der Waals surface area contributed by atoms with Crippen molar-refractivity contribution < 1.29 is 76.1 Å². The Morgan fingerprint density at radius 2 is 1.77 bits per heavy atom. The van der Waals surface area contributed by atoms with E-state index in [1.807, 2.05) is 20.8 Å². The van der Waals surface area contributed by atoms with Crippen LogP contribution in [0.1, 0.15) is 67.0 Å². The van der Waals surface area contributed by atoms with Gasteiger partial charge in [0, 0.05) is 35.6 Å². The minimum absolute atomic E-state index is 0.00801. The van der Waals surface area contributed by atoms with Crippen LogP contribution in [0, 0.1) is 0 Å². The predicted octanol–water partition coefficient (Wildman–Crippen LogP) is 1.21. The highest BCUT2D eigenvalue weighted by atomic mass is 33.1. The van der Waals surface area contributed by atoms with Crippen LogP contribution in [0.25, 0.3) is 11.2 Å². The molecular formula is C35H58N10O16P2S2. The molecule has 2 aromatic rings. The highest BCUT2D eigenvalue weighted by molar-refractivity contribution is 8.77. The molecule has 65 heavy (non-hydrogen) atoms. The third-order valence-corrected chi connectivity index (χ3v) is 14.7. The maximum Gasteiger partial charge on any atom is 0.472 e. The third-order valence-electron chi connectivity index (χ3n) is 9.36. The molecule has 5 heterocycles. The molecule has 0 bridgehead atoms. The highest BCUT2D eigenvalue weighted by Crippen LogP contribution is 2.49. The molecule has 1 amide bonds. The summed E-state index contributed by atoms with van der Waals surface area (Å²) in [7, 11) is -5.25. The van der Waals surface area contributed by atoms with Crippen molar-refractivity contribution in [3.63, 3.8) is 0 Å². The number of carbonyl (C=O) groups is 2. The molecule has 26 nitrogen and oxygen atoms in total. The van der Waals surface area contributed by atoms with Crippen molar-refractivity contribution in [2.45, 2.75) is 132 Å². The first-order valence-corrected chi connectivity index (χ1v) is 25.4. The summed E-state index contributed by atoms with van der Waals surface area (Å²) in [4.78, 5) is 74.3. The van der Waals surface area contributed by atoms with Gasteiger partial charge in [0.15, 0.2) is 23.8 Å². The van der Waals surface area contributed by atoms with Crippen LogP contribution in [0.2, 0.25) is 0 Å². The van der Waals surface area contributed by atoms with E-state index in [1.165, 1.54) is 45.2 Å². The van der Waals surface area contributed by atoms with E-state index in [4.69, 9.17) is 39.5 Å². The molecule has 2 aromatic heterocycles. The summed E-state index contributed by atoms with van der Waals surface area (Å²) >= 11 is 0. The van der Waals surface area contributed by atoms with Gasteiger partial charge < -0.3 is 70.8 Å². The van der Waals surface area contributed by atoms with E-state index in [9.17, 15) is 43.6 Å². The first-order valence-electron chi connectivity index (χ1n) is 20.2. The highest BCUT2D eigenvalue weighted by Gasteiger charge is 2.49. The van der Waals surface area contributed by atoms with Gasteiger partial charge >= 0.3 is 27.7 Å². The average Bonchev–Trinajstić information content (AvgIpc) is 3.87. The molecule has 0 aliphatic carbocycles. The minimum atomic E-state index is -5.07. The molecule has 30 heteroatoms. The number of nitrogens with two attached hydrogens (primary N) is 2. The zero-order valence-electron chi connectivity index (χ0n) is 36.6. The Hall–Kier alpha value is -3.18. The SMILES string of the molecule is CNCC(C[C@H](NC(=O)OC(C)(C)C)C(=O)O[C@@H]1[C@@H](CCOP(=O)(O)O[C@H]2C[C@H](N3C=CC(N)=NC3O)O[C@@H]2COP(=O)(O)O)OC(n2cnc3c(N)ncnc32)[C@@H]1O)SSC(C)(C)C. The average molecular weight is 1000 g/mol. The molecule has 2 saturated heterocycles. The third kappa shape index (κ3) is 15.4. The lowest BCUT2D eigenvalue weighted by molar-refractivity contribution is -0.158. The zero-order valence-corrected chi connectivity index (χ0v) is 40.0. The molecule has 0 saturated carbocycles. The van der Waals surface area contributed by atoms with Crippen LogP contribution in [0.4, 0.5) is 10.6 Å².